The molecule has 1 aliphatic heterocycles. The summed E-state index contributed by atoms with van der Waals surface area (Å²) in [4.78, 5) is 2.56. The van der Waals surface area contributed by atoms with Crippen molar-refractivity contribution >= 4 is 0 Å². The van der Waals surface area contributed by atoms with Crippen LogP contribution in [0.25, 0.3) is 0 Å². The van der Waals surface area contributed by atoms with Crippen LogP contribution in [0.2, 0.25) is 0 Å². The van der Waals surface area contributed by atoms with Crippen molar-refractivity contribution in [2.75, 3.05) is 19.6 Å². The summed E-state index contributed by atoms with van der Waals surface area (Å²) < 4.78 is 0. The standard InChI is InChI=1S/C17H24N2/c1-2-6-15(7-3-1)13-19-11-5-8-16(14-19)12-18-17-9-4-10-17/h1-3,6-8,17-18H,4-5,9-14H2. The molecule has 1 aliphatic carbocycles. The Morgan fingerprint density at radius 2 is 2.00 bits per heavy atom. The van der Waals surface area contributed by atoms with E-state index >= 15 is 0 Å². The maximum absolute atomic E-state index is 3.68. The molecule has 0 spiro atoms. The zero-order valence-electron chi connectivity index (χ0n) is 11.6. The van der Waals surface area contributed by atoms with E-state index in [0.717, 1.165) is 25.7 Å². The zero-order valence-corrected chi connectivity index (χ0v) is 11.6. The summed E-state index contributed by atoms with van der Waals surface area (Å²) in [5, 5.41) is 3.68. The average Bonchev–Trinajstić information content (AvgIpc) is 2.39. The van der Waals surface area contributed by atoms with E-state index in [1.54, 1.807) is 5.57 Å². The van der Waals surface area contributed by atoms with Crippen LogP contribution in [-0.2, 0) is 6.54 Å². The summed E-state index contributed by atoms with van der Waals surface area (Å²) in [6, 6.07) is 11.6. The first kappa shape index (κ1) is 12.9. The van der Waals surface area contributed by atoms with Gasteiger partial charge in [-0.05, 0) is 30.4 Å². The number of hydrogen-bond acceptors (Lipinski definition) is 2. The zero-order chi connectivity index (χ0) is 12.9. The molecule has 1 aromatic carbocycles. The van der Waals surface area contributed by atoms with Gasteiger partial charge in [0.25, 0.3) is 0 Å². The molecular weight excluding hydrogens is 232 g/mol. The molecule has 0 atom stereocenters. The molecule has 0 radical (unpaired) electrons. The first-order chi connectivity index (χ1) is 9.40. The molecule has 102 valence electrons. The van der Waals surface area contributed by atoms with Crippen LogP contribution in [0.5, 0.6) is 0 Å². The summed E-state index contributed by atoms with van der Waals surface area (Å²) in [7, 11) is 0. The third kappa shape index (κ3) is 3.68. The van der Waals surface area contributed by atoms with E-state index in [2.05, 4.69) is 46.6 Å². The molecule has 19 heavy (non-hydrogen) atoms. The van der Waals surface area contributed by atoms with Crippen molar-refractivity contribution in [3.8, 4) is 0 Å². The molecule has 0 amide bonds. The number of nitrogens with one attached hydrogen (secondary N) is 1. The Balaban J connectivity index is 1.48. The summed E-state index contributed by atoms with van der Waals surface area (Å²) in [5.74, 6) is 0. The summed E-state index contributed by atoms with van der Waals surface area (Å²) >= 11 is 0. The highest BCUT2D eigenvalue weighted by Gasteiger charge is 2.18. The highest BCUT2D eigenvalue weighted by molar-refractivity contribution is 5.16. The molecule has 1 N–H and O–H groups in total. The molecule has 1 saturated carbocycles. The predicted molar refractivity (Wildman–Crippen MR) is 80.1 cm³/mol. The fourth-order valence-corrected chi connectivity index (χ4v) is 2.87. The summed E-state index contributed by atoms with van der Waals surface area (Å²) in [5.41, 5.74) is 3.00. The fraction of sp³-hybridized carbons (Fsp3) is 0.529. The van der Waals surface area contributed by atoms with Gasteiger partial charge in [-0.2, -0.15) is 0 Å². The number of nitrogens with zero attached hydrogens (tertiary/aromatic N) is 1. The third-order valence-electron chi connectivity index (χ3n) is 4.28. The van der Waals surface area contributed by atoms with Crippen LogP contribution < -0.4 is 5.32 Å². The van der Waals surface area contributed by atoms with Crippen molar-refractivity contribution < 1.29 is 0 Å². The highest BCUT2D eigenvalue weighted by Crippen LogP contribution is 2.19. The summed E-state index contributed by atoms with van der Waals surface area (Å²) in [6.45, 7) is 4.51. The van der Waals surface area contributed by atoms with Crippen molar-refractivity contribution in [1.29, 1.82) is 0 Å². The van der Waals surface area contributed by atoms with Gasteiger partial charge in [0.05, 0.1) is 0 Å². The number of hydrogen-bond donors (Lipinski definition) is 1. The maximum atomic E-state index is 3.68. The topological polar surface area (TPSA) is 15.3 Å². The van der Waals surface area contributed by atoms with E-state index in [1.807, 2.05) is 0 Å². The van der Waals surface area contributed by atoms with E-state index < -0.39 is 0 Å². The molecule has 2 nitrogen and oxygen atoms in total. The Kier molecular flexibility index (Phi) is 4.31. The van der Waals surface area contributed by atoms with Crippen molar-refractivity contribution in [1.82, 2.24) is 10.2 Å². The Hall–Kier alpha value is -1.12. The van der Waals surface area contributed by atoms with Gasteiger partial charge in [0.15, 0.2) is 0 Å². The molecule has 2 aliphatic rings. The largest absolute Gasteiger partial charge is 0.310 e. The van der Waals surface area contributed by atoms with Crippen LogP contribution >= 0.6 is 0 Å². The van der Waals surface area contributed by atoms with Crippen molar-refractivity contribution in [2.45, 2.75) is 38.3 Å². The van der Waals surface area contributed by atoms with E-state index in [4.69, 9.17) is 0 Å². The van der Waals surface area contributed by atoms with Crippen LogP contribution in [0.3, 0.4) is 0 Å². The molecule has 1 fully saturated rings. The van der Waals surface area contributed by atoms with Gasteiger partial charge in [-0.3, -0.25) is 4.90 Å². The van der Waals surface area contributed by atoms with Crippen LogP contribution in [0.4, 0.5) is 0 Å². The van der Waals surface area contributed by atoms with Crippen LogP contribution in [0.1, 0.15) is 31.2 Å². The minimum atomic E-state index is 0.797. The minimum Gasteiger partial charge on any atom is -0.310 e. The second kappa shape index (κ2) is 6.36. The average molecular weight is 256 g/mol. The number of rotatable bonds is 5. The lowest BCUT2D eigenvalue weighted by Crippen LogP contribution is -2.39. The summed E-state index contributed by atoms with van der Waals surface area (Å²) in [6.07, 6.45) is 7.81. The van der Waals surface area contributed by atoms with Gasteiger partial charge in [-0.15, -0.1) is 0 Å². The van der Waals surface area contributed by atoms with Gasteiger partial charge in [0, 0.05) is 32.2 Å². The monoisotopic (exact) mass is 256 g/mol. The van der Waals surface area contributed by atoms with Crippen molar-refractivity contribution in [3.05, 3.63) is 47.5 Å². The van der Waals surface area contributed by atoms with Gasteiger partial charge >= 0.3 is 0 Å². The van der Waals surface area contributed by atoms with Crippen molar-refractivity contribution in [3.63, 3.8) is 0 Å². The molecule has 1 aromatic rings. The van der Waals surface area contributed by atoms with E-state index in [-0.39, 0.29) is 0 Å². The predicted octanol–water partition coefficient (Wildman–Crippen LogP) is 2.96. The number of benzene rings is 1. The molecule has 0 unspecified atom stereocenters. The van der Waals surface area contributed by atoms with Gasteiger partial charge < -0.3 is 5.32 Å². The van der Waals surface area contributed by atoms with Crippen LogP contribution in [0.15, 0.2) is 42.0 Å². The molecule has 1 heterocycles. The Morgan fingerprint density at radius 1 is 1.16 bits per heavy atom. The maximum Gasteiger partial charge on any atom is 0.0237 e. The normalized spacial score (nSPS) is 20.9. The first-order valence-corrected chi connectivity index (χ1v) is 7.58. The van der Waals surface area contributed by atoms with Gasteiger partial charge in [0.1, 0.15) is 0 Å². The third-order valence-corrected chi connectivity index (χ3v) is 4.28. The second-order valence-corrected chi connectivity index (χ2v) is 5.86. The quantitative estimate of drug-likeness (QED) is 0.815. The molecule has 0 saturated heterocycles. The van der Waals surface area contributed by atoms with E-state index in [1.165, 1.54) is 37.8 Å². The highest BCUT2D eigenvalue weighted by atomic mass is 15.1. The Bertz CT molecular complexity index is 420. The van der Waals surface area contributed by atoms with Crippen LogP contribution in [-0.4, -0.2) is 30.6 Å². The van der Waals surface area contributed by atoms with Gasteiger partial charge in [-0.25, -0.2) is 0 Å². The Labute approximate surface area is 116 Å². The van der Waals surface area contributed by atoms with E-state index in [0.29, 0.717) is 0 Å². The minimum absolute atomic E-state index is 0.797. The lowest BCUT2D eigenvalue weighted by molar-refractivity contribution is 0.274. The second-order valence-electron chi connectivity index (χ2n) is 5.86. The van der Waals surface area contributed by atoms with Gasteiger partial charge in [0.2, 0.25) is 0 Å². The molecule has 3 rings (SSSR count). The Morgan fingerprint density at radius 3 is 2.74 bits per heavy atom. The fourth-order valence-electron chi connectivity index (χ4n) is 2.87. The smallest absolute Gasteiger partial charge is 0.0237 e. The van der Waals surface area contributed by atoms with Gasteiger partial charge in [-0.1, -0.05) is 42.8 Å². The first-order valence-electron chi connectivity index (χ1n) is 7.58. The molecular formula is C17H24N2. The lowest BCUT2D eigenvalue weighted by Gasteiger charge is -2.31. The van der Waals surface area contributed by atoms with Crippen LogP contribution in [0, 0.1) is 0 Å². The van der Waals surface area contributed by atoms with E-state index in [9.17, 15) is 0 Å². The lowest BCUT2D eigenvalue weighted by atomic mass is 9.93. The van der Waals surface area contributed by atoms with Crippen molar-refractivity contribution in [2.24, 2.45) is 0 Å². The molecule has 0 bridgehead atoms. The molecule has 0 aromatic heterocycles. The SMILES string of the molecule is C1=C(CNC2CCC2)CN(Cc2ccccc2)CC1. The molecule has 2 heteroatoms.